The minimum Gasteiger partial charge on any atom is -0.492 e. The third-order valence-electron chi connectivity index (χ3n) is 5.25. The fourth-order valence-corrected chi connectivity index (χ4v) is 5.51. The van der Waals surface area contributed by atoms with Crippen molar-refractivity contribution in [3.63, 3.8) is 0 Å². The van der Waals surface area contributed by atoms with Crippen LogP contribution in [0.15, 0.2) is 65.6 Å². The number of carbonyl (C=O) groups is 1. The molecule has 0 atom stereocenters. The number of anilines is 1. The van der Waals surface area contributed by atoms with Gasteiger partial charge < -0.3 is 10.1 Å². The van der Waals surface area contributed by atoms with Gasteiger partial charge in [0.05, 0.1) is 17.1 Å². The van der Waals surface area contributed by atoms with E-state index in [9.17, 15) is 17.6 Å². The summed E-state index contributed by atoms with van der Waals surface area (Å²) in [5, 5.41) is 2.69. The van der Waals surface area contributed by atoms with Gasteiger partial charge >= 0.3 is 0 Å². The quantitative estimate of drug-likeness (QED) is 0.575. The first-order chi connectivity index (χ1) is 15.3. The van der Waals surface area contributed by atoms with Crippen molar-refractivity contribution in [3.8, 4) is 16.9 Å². The largest absolute Gasteiger partial charge is 0.492 e. The highest BCUT2D eigenvalue weighted by Crippen LogP contribution is 2.45. The van der Waals surface area contributed by atoms with E-state index in [1.165, 1.54) is 28.6 Å². The van der Waals surface area contributed by atoms with E-state index in [1.807, 2.05) is 19.9 Å². The normalized spacial score (nSPS) is 13.8. The Labute approximate surface area is 186 Å². The van der Waals surface area contributed by atoms with Crippen molar-refractivity contribution in [2.24, 2.45) is 0 Å². The van der Waals surface area contributed by atoms with Crippen molar-refractivity contribution in [3.05, 3.63) is 77.6 Å². The van der Waals surface area contributed by atoms with Crippen LogP contribution in [0.1, 0.15) is 11.1 Å². The molecule has 1 amide bonds. The number of ether oxygens (including phenoxy) is 1. The van der Waals surface area contributed by atoms with Crippen molar-refractivity contribution in [1.82, 2.24) is 5.32 Å². The van der Waals surface area contributed by atoms with Crippen LogP contribution in [0.5, 0.6) is 5.75 Å². The Balaban J connectivity index is 1.52. The number of hydrogen-bond acceptors (Lipinski definition) is 4. The Hall–Kier alpha value is -3.39. The molecule has 0 radical (unpaired) electrons. The summed E-state index contributed by atoms with van der Waals surface area (Å²) in [5.41, 5.74) is 3.81. The highest BCUT2D eigenvalue weighted by Gasteiger charge is 2.36. The number of halogens is 1. The van der Waals surface area contributed by atoms with Crippen LogP contribution in [0.2, 0.25) is 0 Å². The number of carbonyl (C=O) groups excluding carboxylic acids is 1. The van der Waals surface area contributed by atoms with Crippen LogP contribution in [0.3, 0.4) is 0 Å². The Morgan fingerprint density at radius 1 is 1.06 bits per heavy atom. The van der Waals surface area contributed by atoms with Crippen LogP contribution in [0, 0.1) is 19.7 Å². The molecule has 3 aromatic carbocycles. The van der Waals surface area contributed by atoms with Gasteiger partial charge in [-0.25, -0.2) is 12.8 Å². The summed E-state index contributed by atoms with van der Waals surface area (Å²) in [6.45, 7) is 3.84. The fraction of sp³-hybridized carbons (Fsp3) is 0.208. The van der Waals surface area contributed by atoms with E-state index >= 15 is 0 Å². The third kappa shape index (κ3) is 4.18. The van der Waals surface area contributed by atoms with Crippen LogP contribution < -0.4 is 14.4 Å². The molecule has 0 aromatic heterocycles. The van der Waals surface area contributed by atoms with Crippen molar-refractivity contribution >= 4 is 21.6 Å². The number of rotatable bonds is 6. The lowest BCUT2D eigenvalue weighted by atomic mass is 9.96. The molecule has 1 aliphatic rings. The van der Waals surface area contributed by atoms with Gasteiger partial charge in [0.1, 0.15) is 24.7 Å². The predicted molar refractivity (Wildman–Crippen MR) is 121 cm³/mol. The average Bonchev–Trinajstić information content (AvgIpc) is 2.75. The number of benzene rings is 3. The van der Waals surface area contributed by atoms with E-state index in [0.717, 1.165) is 16.7 Å². The van der Waals surface area contributed by atoms with E-state index in [4.69, 9.17) is 4.74 Å². The zero-order valence-electron chi connectivity index (χ0n) is 17.8. The molecule has 0 fully saturated rings. The van der Waals surface area contributed by atoms with Gasteiger partial charge in [0.2, 0.25) is 5.91 Å². The molecule has 0 bridgehead atoms. The Kier molecular flexibility index (Phi) is 5.88. The molecule has 1 aliphatic heterocycles. The first-order valence-corrected chi connectivity index (χ1v) is 11.6. The molecule has 3 aromatic rings. The number of nitrogens with one attached hydrogen (secondary N) is 1. The van der Waals surface area contributed by atoms with E-state index in [-0.39, 0.29) is 30.4 Å². The van der Waals surface area contributed by atoms with Crippen molar-refractivity contribution < 1.29 is 22.3 Å². The number of hydrogen-bond donors (Lipinski definition) is 1. The van der Waals surface area contributed by atoms with Crippen molar-refractivity contribution in [2.75, 3.05) is 24.0 Å². The standard InChI is InChI=1S/C24H23FN2O4S/c1-16-13-17(2)24-20-5-3-4-6-22(20)32(29,30)27(21(24)14-16)15-23(28)26-11-12-31-19-9-7-18(25)8-10-19/h3-10,13-14H,11-12,15H2,1-2H3,(H,26,28). The molecule has 32 heavy (non-hydrogen) atoms. The lowest BCUT2D eigenvalue weighted by Crippen LogP contribution is -2.43. The van der Waals surface area contributed by atoms with Gasteiger partial charge in [-0.15, -0.1) is 0 Å². The average molecular weight is 455 g/mol. The smallest absolute Gasteiger partial charge is 0.265 e. The van der Waals surface area contributed by atoms with Crippen LogP contribution in [-0.2, 0) is 14.8 Å². The second-order valence-electron chi connectivity index (χ2n) is 7.64. The molecule has 0 saturated heterocycles. The zero-order valence-corrected chi connectivity index (χ0v) is 18.6. The summed E-state index contributed by atoms with van der Waals surface area (Å²) in [5.74, 6) is -0.322. The van der Waals surface area contributed by atoms with Crippen LogP contribution >= 0.6 is 0 Å². The molecule has 0 unspecified atom stereocenters. The van der Waals surface area contributed by atoms with Gasteiger partial charge in [-0.1, -0.05) is 24.3 Å². The molecular weight excluding hydrogens is 431 g/mol. The molecule has 0 saturated carbocycles. The summed E-state index contributed by atoms with van der Waals surface area (Å²) in [7, 11) is -3.90. The number of nitrogens with zero attached hydrogens (tertiary/aromatic N) is 1. The van der Waals surface area contributed by atoms with Crippen molar-refractivity contribution in [1.29, 1.82) is 0 Å². The molecule has 0 spiro atoms. The molecule has 1 N–H and O–H groups in total. The van der Waals surface area contributed by atoms with Crippen LogP contribution in [0.4, 0.5) is 10.1 Å². The van der Waals surface area contributed by atoms with Crippen LogP contribution in [0.25, 0.3) is 11.1 Å². The van der Waals surface area contributed by atoms with Gasteiger partial charge in [-0.2, -0.15) is 0 Å². The van der Waals surface area contributed by atoms with Gasteiger partial charge in [0.15, 0.2) is 0 Å². The molecule has 4 rings (SSSR count). The second-order valence-corrected chi connectivity index (χ2v) is 9.47. The third-order valence-corrected chi connectivity index (χ3v) is 7.06. The lowest BCUT2D eigenvalue weighted by Gasteiger charge is -2.33. The molecule has 166 valence electrons. The molecule has 0 aliphatic carbocycles. The second kappa shape index (κ2) is 8.63. The first kappa shape index (κ1) is 21.8. The monoisotopic (exact) mass is 454 g/mol. The van der Waals surface area contributed by atoms with Gasteiger partial charge in [0, 0.05) is 11.1 Å². The van der Waals surface area contributed by atoms with Gasteiger partial charge in [0.25, 0.3) is 10.0 Å². The first-order valence-electron chi connectivity index (χ1n) is 10.2. The molecule has 8 heteroatoms. The Morgan fingerprint density at radius 3 is 2.53 bits per heavy atom. The summed E-state index contributed by atoms with van der Waals surface area (Å²) in [6, 6.07) is 16.2. The van der Waals surface area contributed by atoms with E-state index in [1.54, 1.807) is 30.3 Å². The Bertz CT molecular complexity index is 1270. The maximum Gasteiger partial charge on any atom is 0.265 e. The van der Waals surface area contributed by atoms with Crippen LogP contribution in [-0.4, -0.2) is 34.0 Å². The summed E-state index contributed by atoms with van der Waals surface area (Å²) < 4.78 is 46.3. The van der Waals surface area contributed by atoms with Crippen molar-refractivity contribution in [2.45, 2.75) is 18.7 Å². The summed E-state index contributed by atoms with van der Waals surface area (Å²) in [6.07, 6.45) is 0. The topological polar surface area (TPSA) is 75.7 Å². The molecule has 6 nitrogen and oxygen atoms in total. The van der Waals surface area contributed by atoms with Gasteiger partial charge in [-0.3, -0.25) is 9.10 Å². The minimum atomic E-state index is -3.90. The summed E-state index contributed by atoms with van der Waals surface area (Å²) >= 11 is 0. The zero-order chi connectivity index (χ0) is 22.9. The summed E-state index contributed by atoms with van der Waals surface area (Å²) in [4.78, 5) is 12.8. The highest BCUT2D eigenvalue weighted by molar-refractivity contribution is 7.93. The number of fused-ring (bicyclic) bond motifs is 3. The maximum absolute atomic E-state index is 13.4. The number of amides is 1. The number of aryl methyl sites for hydroxylation is 2. The van der Waals surface area contributed by atoms with E-state index < -0.39 is 15.9 Å². The molecule has 1 heterocycles. The minimum absolute atomic E-state index is 0.168. The SMILES string of the molecule is Cc1cc(C)c2c(c1)N(CC(=O)NCCOc1ccc(F)cc1)S(=O)(=O)c1ccccc1-2. The fourth-order valence-electron chi connectivity index (χ4n) is 3.89. The van der Waals surface area contributed by atoms with E-state index in [2.05, 4.69) is 5.32 Å². The van der Waals surface area contributed by atoms with E-state index in [0.29, 0.717) is 17.0 Å². The Morgan fingerprint density at radius 2 is 1.78 bits per heavy atom. The highest BCUT2D eigenvalue weighted by atomic mass is 32.2. The molecular formula is C24H23FN2O4S. The number of sulfonamides is 1. The lowest BCUT2D eigenvalue weighted by molar-refractivity contribution is -0.119. The van der Waals surface area contributed by atoms with Gasteiger partial charge in [-0.05, 0) is 61.4 Å². The maximum atomic E-state index is 13.4. The predicted octanol–water partition coefficient (Wildman–Crippen LogP) is 3.81.